The van der Waals surface area contributed by atoms with E-state index in [0.717, 1.165) is 25.9 Å². The van der Waals surface area contributed by atoms with Crippen LogP contribution >= 0.6 is 0 Å². The number of carbonyl (C=O) groups excluding carboxylic acids is 1. The smallest absolute Gasteiger partial charge is 0.222 e. The molecule has 1 aliphatic rings. The SMILES string of the molecule is CCCCCCCC(=O)N1CC(C)CC(C)C1. The highest BCUT2D eigenvalue weighted by Crippen LogP contribution is 2.21. The van der Waals surface area contributed by atoms with Crippen LogP contribution in [0.3, 0.4) is 0 Å². The summed E-state index contributed by atoms with van der Waals surface area (Å²) in [4.78, 5) is 14.1. The van der Waals surface area contributed by atoms with Crippen LogP contribution in [0.4, 0.5) is 0 Å². The largest absolute Gasteiger partial charge is 0.342 e. The van der Waals surface area contributed by atoms with Crippen molar-refractivity contribution >= 4 is 5.91 Å². The molecule has 2 heteroatoms. The van der Waals surface area contributed by atoms with Crippen molar-refractivity contribution in [3.05, 3.63) is 0 Å². The first-order valence-corrected chi connectivity index (χ1v) is 7.41. The van der Waals surface area contributed by atoms with E-state index in [-0.39, 0.29) is 0 Å². The van der Waals surface area contributed by atoms with Crippen LogP contribution in [0.25, 0.3) is 0 Å². The molecule has 0 aromatic rings. The summed E-state index contributed by atoms with van der Waals surface area (Å²) in [6.45, 7) is 8.71. The molecule has 0 saturated carbocycles. The van der Waals surface area contributed by atoms with E-state index in [2.05, 4.69) is 25.7 Å². The highest BCUT2D eigenvalue weighted by atomic mass is 16.2. The molecule has 100 valence electrons. The second-order valence-electron chi connectivity index (χ2n) is 5.91. The lowest BCUT2D eigenvalue weighted by Crippen LogP contribution is -2.42. The third kappa shape index (κ3) is 5.56. The minimum atomic E-state index is 0.389. The van der Waals surface area contributed by atoms with Gasteiger partial charge in [0, 0.05) is 19.5 Å². The molecule has 0 N–H and O–H groups in total. The Hall–Kier alpha value is -0.530. The van der Waals surface area contributed by atoms with E-state index in [1.54, 1.807) is 0 Å². The van der Waals surface area contributed by atoms with Gasteiger partial charge in [-0.3, -0.25) is 4.79 Å². The quantitative estimate of drug-likeness (QED) is 0.645. The Bertz CT molecular complexity index is 217. The molecule has 0 aliphatic carbocycles. The Balaban J connectivity index is 2.18. The maximum Gasteiger partial charge on any atom is 0.222 e. The topological polar surface area (TPSA) is 20.3 Å². The van der Waals surface area contributed by atoms with Crippen molar-refractivity contribution in [3.63, 3.8) is 0 Å². The van der Waals surface area contributed by atoms with Crippen LogP contribution in [0.2, 0.25) is 0 Å². The monoisotopic (exact) mass is 239 g/mol. The molecule has 1 heterocycles. The first kappa shape index (κ1) is 14.5. The number of piperidine rings is 1. The van der Waals surface area contributed by atoms with Crippen molar-refractivity contribution < 1.29 is 4.79 Å². The third-order valence-corrected chi connectivity index (χ3v) is 3.72. The van der Waals surface area contributed by atoms with Gasteiger partial charge in [0.15, 0.2) is 0 Å². The summed E-state index contributed by atoms with van der Waals surface area (Å²) in [5, 5.41) is 0. The Kier molecular flexibility index (Phi) is 6.61. The molecule has 0 bridgehead atoms. The van der Waals surface area contributed by atoms with E-state index in [9.17, 15) is 4.79 Å². The second kappa shape index (κ2) is 7.73. The first-order valence-electron chi connectivity index (χ1n) is 7.41. The summed E-state index contributed by atoms with van der Waals surface area (Å²) in [6, 6.07) is 0. The van der Waals surface area contributed by atoms with Crippen LogP contribution in [0.1, 0.15) is 65.7 Å². The molecule has 0 aromatic carbocycles. The Morgan fingerprint density at radius 3 is 2.24 bits per heavy atom. The number of amides is 1. The first-order chi connectivity index (χ1) is 8.13. The highest BCUT2D eigenvalue weighted by molar-refractivity contribution is 5.76. The van der Waals surface area contributed by atoms with Gasteiger partial charge >= 0.3 is 0 Å². The van der Waals surface area contributed by atoms with Gasteiger partial charge in [-0.2, -0.15) is 0 Å². The summed E-state index contributed by atoms with van der Waals surface area (Å²) < 4.78 is 0. The average Bonchev–Trinajstić information content (AvgIpc) is 2.27. The lowest BCUT2D eigenvalue weighted by molar-refractivity contribution is -0.134. The molecular formula is C15H29NO. The molecule has 0 spiro atoms. The van der Waals surface area contributed by atoms with Gasteiger partial charge in [0.1, 0.15) is 0 Å². The molecule has 2 atom stereocenters. The van der Waals surface area contributed by atoms with Crippen LogP contribution in [-0.2, 0) is 4.79 Å². The Morgan fingerprint density at radius 2 is 1.65 bits per heavy atom. The number of hydrogen-bond acceptors (Lipinski definition) is 1. The maximum atomic E-state index is 12.0. The predicted octanol–water partition coefficient (Wildman–Crippen LogP) is 3.85. The van der Waals surface area contributed by atoms with Crippen molar-refractivity contribution in [3.8, 4) is 0 Å². The summed E-state index contributed by atoms with van der Waals surface area (Å²) in [5.41, 5.74) is 0. The van der Waals surface area contributed by atoms with Crippen molar-refractivity contribution in [2.24, 2.45) is 11.8 Å². The summed E-state index contributed by atoms with van der Waals surface area (Å²) >= 11 is 0. The highest BCUT2D eigenvalue weighted by Gasteiger charge is 2.24. The molecule has 1 saturated heterocycles. The Morgan fingerprint density at radius 1 is 1.06 bits per heavy atom. The maximum absolute atomic E-state index is 12.0. The zero-order valence-corrected chi connectivity index (χ0v) is 11.9. The minimum absolute atomic E-state index is 0.389. The van der Waals surface area contributed by atoms with Gasteiger partial charge in [-0.1, -0.05) is 46.5 Å². The number of nitrogens with zero attached hydrogens (tertiary/aromatic N) is 1. The van der Waals surface area contributed by atoms with Crippen molar-refractivity contribution in [2.75, 3.05) is 13.1 Å². The van der Waals surface area contributed by atoms with Crippen LogP contribution in [0.15, 0.2) is 0 Å². The van der Waals surface area contributed by atoms with E-state index < -0.39 is 0 Å². The molecule has 0 radical (unpaired) electrons. The lowest BCUT2D eigenvalue weighted by Gasteiger charge is -2.35. The normalized spacial score (nSPS) is 25.0. The Labute approximate surface area is 107 Å². The molecule has 1 fully saturated rings. The van der Waals surface area contributed by atoms with Gasteiger partial charge in [-0.15, -0.1) is 0 Å². The second-order valence-corrected chi connectivity index (χ2v) is 5.91. The summed E-state index contributed by atoms with van der Waals surface area (Å²) in [6.07, 6.45) is 8.22. The number of unbranched alkanes of at least 4 members (excludes halogenated alkanes) is 4. The number of hydrogen-bond donors (Lipinski definition) is 0. The standard InChI is InChI=1S/C15H29NO/c1-4-5-6-7-8-9-15(17)16-11-13(2)10-14(3)12-16/h13-14H,4-12H2,1-3H3. The van der Waals surface area contributed by atoms with Gasteiger partial charge < -0.3 is 4.90 Å². The van der Waals surface area contributed by atoms with Gasteiger partial charge in [-0.25, -0.2) is 0 Å². The van der Waals surface area contributed by atoms with E-state index >= 15 is 0 Å². The van der Waals surface area contributed by atoms with Gasteiger partial charge in [0.25, 0.3) is 0 Å². The summed E-state index contributed by atoms with van der Waals surface area (Å²) in [7, 11) is 0. The molecule has 0 aromatic heterocycles. The van der Waals surface area contributed by atoms with Crippen molar-refractivity contribution in [1.82, 2.24) is 4.90 Å². The molecule has 1 amide bonds. The van der Waals surface area contributed by atoms with Gasteiger partial charge in [0.05, 0.1) is 0 Å². The zero-order valence-electron chi connectivity index (χ0n) is 11.9. The van der Waals surface area contributed by atoms with E-state index in [4.69, 9.17) is 0 Å². The van der Waals surface area contributed by atoms with Gasteiger partial charge in [0.2, 0.25) is 5.91 Å². The van der Waals surface area contributed by atoms with Crippen LogP contribution in [0.5, 0.6) is 0 Å². The van der Waals surface area contributed by atoms with Crippen LogP contribution < -0.4 is 0 Å². The fraction of sp³-hybridized carbons (Fsp3) is 0.933. The molecule has 2 nitrogen and oxygen atoms in total. The van der Waals surface area contributed by atoms with Crippen molar-refractivity contribution in [2.45, 2.75) is 65.7 Å². The fourth-order valence-corrected chi connectivity index (χ4v) is 2.90. The van der Waals surface area contributed by atoms with Crippen molar-refractivity contribution in [1.29, 1.82) is 0 Å². The molecule has 2 unspecified atom stereocenters. The molecular weight excluding hydrogens is 210 g/mol. The average molecular weight is 239 g/mol. The van der Waals surface area contributed by atoms with E-state index in [1.807, 2.05) is 0 Å². The molecule has 1 aliphatic heterocycles. The third-order valence-electron chi connectivity index (χ3n) is 3.72. The van der Waals surface area contributed by atoms with E-state index in [1.165, 1.54) is 32.1 Å². The number of likely N-dealkylation sites (tertiary alicyclic amines) is 1. The molecule has 17 heavy (non-hydrogen) atoms. The zero-order chi connectivity index (χ0) is 12.7. The van der Waals surface area contributed by atoms with Crippen LogP contribution in [0, 0.1) is 11.8 Å². The van der Waals surface area contributed by atoms with E-state index in [0.29, 0.717) is 17.7 Å². The number of rotatable bonds is 6. The summed E-state index contributed by atoms with van der Waals surface area (Å²) in [5.74, 6) is 1.76. The lowest BCUT2D eigenvalue weighted by atomic mass is 9.91. The van der Waals surface area contributed by atoms with Crippen LogP contribution in [-0.4, -0.2) is 23.9 Å². The molecule has 1 rings (SSSR count). The fourth-order valence-electron chi connectivity index (χ4n) is 2.90. The number of carbonyl (C=O) groups is 1. The minimum Gasteiger partial charge on any atom is -0.342 e. The predicted molar refractivity (Wildman–Crippen MR) is 72.9 cm³/mol. The van der Waals surface area contributed by atoms with Gasteiger partial charge in [-0.05, 0) is 24.7 Å².